The van der Waals surface area contributed by atoms with Gasteiger partial charge in [-0.05, 0) is 62.1 Å². The van der Waals surface area contributed by atoms with Crippen molar-refractivity contribution >= 4 is 33.2 Å². The van der Waals surface area contributed by atoms with Gasteiger partial charge in [0.15, 0.2) is 0 Å². The number of carbonyl (C=O) groups excluding carboxylic acids is 2. The Balaban J connectivity index is 1.74. The number of sulfonamides is 1. The zero-order valence-corrected chi connectivity index (χ0v) is 17.6. The molecule has 2 aromatic rings. The number of hydrogen-bond acceptors (Lipinski definition) is 4. The number of likely N-dealkylation sites (N-methyl/N-ethyl adjacent to an activating group) is 1. The van der Waals surface area contributed by atoms with Crippen LogP contribution in [0.3, 0.4) is 0 Å². The molecule has 0 aliphatic carbocycles. The largest absolute Gasteiger partial charge is 0.326 e. The molecule has 0 saturated carbocycles. The maximum absolute atomic E-state index is 12.9. The van der Waals surface area contributed by atoms with E-state index in [4.69, 9.17) is 0 Å². The van der Waals surface area contributed by atoms with Crippen LogP contribution in [-0.2, 0) is 26.0 Å². The molecule has 0 aromatic heterocycles. The smallest absolute Gasteiger partial charge is 0.243 e. The zero-order valence-electron chi connectivity index (χ0n) is 16.8. The van der Waals surface area contributed by atoms with E-state index in [1.54, 1.807) is 18.2 Å². The van der Waals surface area contributed by atoms with Crippen molar-refractivity contribution < 1.29 is 18.0 Å². The van der Waals surface area contributed by atoms with E-state index in [1.165, 1.54) is 13.1 Å². The van der Waals surface area contributed by atoms with Crippen LogP contribution < -0.4 is 10.6 Å². The first-order valence-corrected chi connectivity index (χ1v) is 10.9. The number of rotatable bonds is 5. The summed E-state index contributed by atoms with van der Waals surface area (Å²) in [4.78, 5) is 24.2. The van der Waals surface area contributed by atoms with Gasteiger partial charge in [0.05, 0.1) is 11.4 Å². The molecule has 1 heterocycles. The Morgan fingerprint density at radius 1 is 1.14 bits per heavy atom. The predicted octanol–water partition coefficient (Wildman–Crippen LogP) is 2.84. The highest BCUT2D eigenvalue weighted by molar-refractivity contribution is 7.89. The van der Waals surface area contributed by atoms with E-state index < -0.39 is 15.9 Å². The van der Waals surface area contributed by atoms with E-state index in [0.717, 1.165) is 21.0 Å². The fourth-order valence-electron chi connectivity index (χ4n) is 3.32. The first kappa shape index (κ1) is 21.0. The van der Waals surface area contributed by atoms with Crippen LogP contribution >= 0.6 is 0 Å². The minimum Gasteiger partial charge on any atom is -0.326 e. The van der Waals surface area contributed by atoms with Gasteiger partial charge >= 0.3 is 0 Å². The van der Waals surface area contributed by atoms with Gasteiger partial charge in [0.1, 0.15) is 0 Å². The molecule has 1 aliphatic heterocycles. The Morgan fingerprint density at radius 2 is 1.90 bits per heavy atom. The van der Waals surface area contributed by atoms with Crippen molar-refractivity contribution in [1.82, 2.24) is 4.31 Å². The molecular formula is C21H25N3O4S. The minimum absolute atomic E-state index is 0.0699. The lowest BCUT2D eigenvalue weighted by molar-refractivity contribution is -0.117. The number of nitrogens with one attached hydrogen (secondary N) is 2. The molecular weight excluding hydrogens is 390 g/mol. The Bertz CT molecular complexity index is 1060. The predicted molar refractivity (Wildman–Crippen MR) is 112 cm³/mol. The van der Waals surface area contributed by atoms with Crippen molar-refractivity contribution in [3.05, 3.63) is 53.1 Å². The van der Waals surface area contributed by atoms with Gasteiger partial charge in [-0.2, -0.15) is 4.31 Å². The Morgan fingerprint density at radius 3 is 2.62 bits per heavy atom. The summed E-state index contributed by atoms with van der Waals surface area (Å²) in [6.07, 6.45) is 1.69. The van der Waals surface area contributed by atoms with Crippen molar-refractivity contribution in [2.45, 2.75) is 38.0 Å². The molecule has 8 heteroatoms. The maximum atomic E-state index is 12.9. The van der Waals surface area contributed by atoms with Gasteiger partial charge in [0, 0.05) is 24.8 Å². The first-order chi connectivity index (χ1) is 13.7. The molecule has 0 unspecified atom stereocenters. The Hall–Kier alpha value is -2.71. The van der Waals surface area contributed by atoms with Crippen LogP contribution in [0.2, 0.25) is 0 Å². The molecule has 154 valence electrons. The van der Waals surface area contributed by atoms with Gasteiger partial charge in [-0.15, -0.1) is 0 Å². The average Bonchev–Trinajstić information content (AvgIpc) is 2.83. The Kier molecular flexibility index (Phi) is 6.04. The van der Waals surface area contributed by atoms with Crippen molar-refractivity contribution in [2.24, 2.45) is 0 Å². The summed E-state index contributed by atoms with van der Waals surface area (Å²) in [5.41, 5.74) is 4.08. The number of amides is 2. The van der Waals surface area contributed by atoms with Gasteiger partial charge in [0.25, 0.3) is 0 Å². The van der Waals surface area contributed by atoms with Gasteiger partial charge in [0.2, 0.25) is 21.8 Å². The lowest BCUT2D eigenvalue weighted by Crippen LogP contribution is -2.35. The quantitative estimate of drug-likeness (QED) is 0.785. The standard InChI is InChI=1S/C21H25N3O4S/c1-14-7-9-18(15(2)11-14)22-21(26)13-24(3)29(27,28)17-8-10-19-16(12-17)5-4-6-20(25)23-19/h7-12H,4-6,13H2,1-3H3,(H,22,26)(H,23,25). The monoisotopic (exact) mass is 415 g/mol. The summed E-state index contributed by atoms with van der Waals surface area (Å²) in [6.45, 7) is 3.55. The molecule has 3 rings (SSSR count). The summed E-state index contributed by atoms with van der Waals surface area (Å²) in [6, 6.07) is 10.3. The minimum atomic E-state index is -3.84. The Labute approximate surface area is 171 Å². The fourth-order valence-corrected chi connectivity index (χ4v) is 4.50. The van der Waals surface area contributed by atoms with Crippen LogP contribution in [0, 0.1) is 13.8 Å². The number of aryl methyl sites for hydroxylation is 3. The highest BCUT2D eigenvalue weighted by Gasteiger charge is 2.25. The van der Waals surface area contributed by atoms with E-state index in [0.29, 0.717) is 30.6 Å². The van der Waals surface area contributed by atoms with Crippen LogP contribution in [0.1, 0.15) is 29.5 Å². The summed E-state index contributed by atoms with van der Waals surface area (Å²) in [7, 11) is -2.46. The molecule has 0 atom stereocenters. The number of benzene rings is 2. The number of anilines is 2. The van der Waals surface area contributed by atoms with Crippen LogP contribution in [0.15, 0.2) is 41.3 Å². The summed E-state index contributed by atoms with van der Waals surface area (Å²) in [5, 5.41) is 5.55. The molecule has 0 radical (unpaired) electrons. The molecule has 2 amide bonds. The summed E-state index contributed by atoms with van der Waals surface area (Å²) in [5.74, 6) is -0.482. The highest BCUT2D eigenvalue weighted by Crippen LogP contribution is 2.26. The third kappa shape index (κ3) is 4.83. The molecule has 1 aliphatic rings. The maximum Gasteiger partial charge on any atom is 0.243 e. The van der Waals surface area contributed by atoms with E-state index in [2.05, 4.69) is 10.6 Å². The molecule has 0 bridgehead atoms. The van der Waals surface area contributed by atoms with E-state index in [9.17, 15) is 18.0 Å². The van der Waals surface area contributed by atoms with Gasteiger partial charge in [-0.1, -0.05) is 17.7 Å². The number of carbonyl (C=O) groups is 2. The number of fused-ring (bicyclic) bond motifs is 1. The summed E-state index contributed by atoms with van der Waals surface area (Å²) >= 11 is 0. The van der Waals surface area contributed by atoms with Gasteiger partial charge in [-0.25, -0.2) is 8.42 Å². The average molecular weight is 416 g/mol. The second-order valence-corrected chi connectivity index (χ2v) is 9.39. The van der Waals surface area contributed by atoms with Gasteiger partial charge in [-0.3, -0.25) is 9.59 Å². The molecule has 2 aromatic carbocycles. The highest BCUT2D eigenvalue weighted by atomic mass is 32.2. The molecule has 2 N–H and O–H groups in total. The molecule has 7 nitrogen and oxygen atoms in total. The van der Waals surface area contributed by atoms with Crippen molar-refractivity contribution in [1.29, 1.82) is 0 Å². The van der Waals surface area contributed by atoms with E-state index in [1.807, 2.05) is 26.0 Å². The van der Waals surface area contributed by atoms with Crippen LogP contribution in [0.25, 0.3) is 0 Å². The normalized spacial score (nSPS) is 14.1. The van der Waals surface area contributed by atoms with E-state index >= 15 is 0 Å². The van der Waals surface area contributed by atoms with E-state index in [-0.39, 0.29) is 17.3 Å². The third-order valence-corrected chi connectivity index (χ3v) is 6.73. The lowest BCUT2D eigenvalue weighted by Gasteiger charge is -2.18. The second kappa shape index (κ2) is 8.34. The van der Waals surface area contributed by atoms with Crippen LogP contribution in [0.4, 0.5) is 11.4 Å². The number of hydrogen-bond donors (Lipinski definition) is 2. The molecule has 0 fully saturated rings. The lowest BCUT2D eigenvalue weighted by atomic mass is 10.1. The molecule has 0 spiro atoms. The second-order valence-electron chi connectivity index (χ2n) is 7.35. The van der Waals surface area contributed by atoms with Crippen molar-refractivity contribution in [2.75, 3.05) is 24.2 Å². The topological polar surface area (TPSA) is 95.6 Å². The number of nitrogens with zero attached hydrogens (tertiary/aromatic N) is 1. The SMILES string of the molecule is Cc1ccc(NC(=O)CN(C)S(=O)(=O)c2ccc3c(c2)CCCC(=O)N3)c(C)c1. The first-order valence-electron chi connectivity index (χ1n) is 9.43. The fraction of sp³-hybridized carbons (Fsp3) is 0.333. The summed E-state index contributed by atoms with van der Waals surface area (Å²) < 4.78 is 26.9. The zero-order chi connectivity index (χ0) is 21.2. The third-order valence-electron chi connectivity index (χ3n) is 4.93. The van der Waals surface area contributed by atoms with Crippen molar-refractivity contribution in [3.8, 4) is 0 Å². The van der Waals surface area contributed by atoms with Crippen LogP contribution in [0.5, 0.6) is 0 Å². The molecule has 29 heavy (non-hydrogen) atoms. The van der Waals surface area contributed by atoms with Gasteiger partial charge < -0.3 is 10.6 Å². The van der Waals surface area contributed by atoms with Crippen molar-refractivity contribution in [3.63, 3.8) is 0 Å². The molecule has 0 saturated heterocycles. The van der Waals surface area contributed by atoms with Crippen LogP contribution in [-0.4, -0.2) is 38.1 Å².